The summed E-state index contributed by atoms with van der Waals surface area (Å²) in [7, 11) is 0. The number of likely N-dealkylation sites (tertiary alicyclic amines) is 1. The van der Waals surface area contributed by atoms with E-state index in [4.69, 9.17) is 0 Å². The SMILES string of the molecule is CCC(C)NC(=O)C(C)NCC(=O)N1CCCCC1. The van der Waals surface area contributed by atoms with E-state index in [1.807, 2.05) is 18.7 Å². The quantitative estimate of drug-likeness (QED) is 0.753. The van der Waals surface area contributed by atoms with Crippen LogP contribution < -0.4 is 10.6 Å². The van der Waals surface area contributed by atoms with Crippen molar-refractivity contribution in [3.63, 3.8) is 0 Å². The van der Waals surface area contributed by atoms with Crippen molar-refractivity contribution >= 4 is 11.8 Å². The fraction of sp³-hybridized carbons (Fsp3) is 0.857. The first-order valence-electron chi connectivity index (χ1n) is 7.36. The molecule has 110 valence electrons. The predicted octanol–water partition coefficient (Wildman–Crippen LogP) is 0.892. The van der Waals surface area contributed by atoms with Crippen LogP contribution in [0.3, 0.4) is 0 Å². The molecule has 5 heteroatoms. The van der Waals surface area contributed by atoms with Crippen LogP contribution in [0.15, 0.2) is 0 Å². The molecule has 0 saturated carbocycles. The zero-order chi connectivity index (χ0) is 14.3. The van der Waals surface area contributed by atoms with Gasteiger partial charge in [0.05, 0.1) is 12.6 Å². The average molecular weight is 269 g/mol. The Kier molecular flexibility index (Phi) is 6.84. The van der Waals surface area contributed by atoms with Gasteiger partial charge in [0.1, 0.15) is 0 Å². The smallest absolute Gasteiger partial charge is 0.237 e. The molecule has 19 heavy (non-hydrogen) atoms. The Morgan fingerprint density at radius 2 is 1.79 bits per heavy atom. The van der Waals surface area contributed by atoms with Crippen molar-refractivity contribution in [1.29, 1.82) is 0 Å². The predicted molar refractivity (Wildman–Crippen MR) is 75.8 cm³/mol. The van der Waals surface area contributed by atoms with Crippen LogP contribution in [-0.2, 0) is 9.59 Å². The Hall–Kier alpha value is -1.10. The van der Waals surface area contributed by atoms with E-state index in [9.17, 15) is 9.59 Å². The van der Waals surface area contributed by atoms with E-state index in [-0.39, 0.29) is 30.4 Å². The molecule has 2 N–H and O–H groups in total. The summed E-state index contributed by atoms with van der Waals surface area (Å²) in [5.41, 5.74) is 0. The van der Waals surface area contributed by atoms with E-state index in [1.165, 1.54) is 6.42 Å². The zero-order valence-corrected chi connectivity index (χ0v) is 12.4. The lowest BCUT2D eigenvalue weighted by Gasteiger charge is -2.27. The number of hydrogen-bond acceptors (Lipinski definition) is 3. The highest BCUT2D eigenvalue weighted by Gasteiger charge is 2.19. The van der Waals surface area contributed by atoms with Gasteiger partial charge in [-0.15, -0.1) is 0 Å². The van der Waals surface area contributed by atoms with Crippen molar-refractivity contribution in [3.05, 3.63) is 0 Å². The highest BCUT2D eigenvalue weighted by atomic mass is 16.2. The summed E-state index contributed by atoms with van der Waals surface area (Å²) in [5.74, 6) is 0.0590. The Bertz CT molecular complexity index is 301. The minimum Gasteiger partial charge on any atom is -0.352 e. The van der Waals surface area contributed by atoms with Gasteiger partial charge in [-0.25, -0.2) is 0 Å². The van der Waals surface area contributed by atoms with Crippen LogP contribution in [0.5, 0.6) is 0 Å². The lowest BCUT2D eigenvalue weighted by molar-refractivity contribution is -0.131. The van der Waals surface area contributed by atoms with Gasteiger partial charge in [0.15, 0.2) is 0 Å². The third kappa shape index (κ3) is 5.59. The van der Waals surface area contributed by atoms with E-state index in [1.54, 1.807) is 6.92 Å². The van der Waals surface area contributed by atoms with Gasteiger partial charge in [0.2, 0.25) is 11.8 Å². The monoisotopic (exact) mass is 269 g/mol. The largest absolute Gasteiger partial charge is 0.352 e. The first-order chi connectivity index (χ1) is 9.04. The molecule has 1 aliphatic rings. The number of nitrogens with zero attached hydrogens (tertiary/aromatic N) is 1. The standard InChI is InChI=1S/C14H27N3O2/c1-4-11(2)16-14(19)12(3)15-10-13(18)17-8-6-5-7-9-17/h11-12,15H,4-10H2,1-3H3,(H,16,19). The number of carbonyl (C=O) groups is 2. The molecule has 0 spiro atoms. The molecule has 2 unspecified atom stereocenters. The summed E-state index contributed by atoms with van der Waals surface area (Å²) < 4.78 is 0. The minimum atomic E-state index is -0.331. The highest BCUT2D eigenvalue weighted by molar-refractivity contribution is 5.83. The lowest BCUT2D eigenvalue weighted by atomic mass is 10.1. The van der Waals surface area contributed by atoms with Gasteiger partial charge >= 0.3 is 0 Å². The molecule has 0 bridgehead atoms. The fourth-order valence-electron chi connectivity index (χ4n) is 2.06. The number of amides is 2. The van der Waals surface area contributed by atoms with Gasteiger partial charge in [-0.05, 0) is 39.5 Å². The Labute approximate surface area is 116 Å². The maximum Gasteiger partial charge on any atom is 0.237 e. The summed E-state index contributed by atoms with van der Waals surface area (Å²) in [6.07, 6.45) is 4.31. The lowest BCUT2D eigenvalue weighted by Crippen LogP contribution is -2.49. The molecule has 1 heterocycles. The van der Waals surface area contributed by atoms with Gasteiger partial charge in [-0.3, -0.25) is 14.9 Å². The Morgan fingerprint density at radius 3 is 2.37 bits per heavy atom. The van der Waals surface area contributed by atoms with Crippen molar-refractivity contribution in [2.45, 2.75) is 58.5 Å². The van der Waals surface area contributed by atoms with Crippen molar-refractivity contribution in [1.82, 2.24) is 15.5 Å². The number of carbonyl (C=O) groups excluding carboxylic acids is 2. The summed E-state index contributed by atoms with van der Waals surface area (Å²) in [6, 6.07) is -0.155. The van der Waals surface area contributed by atoms with Crippen molar-refractivity contribution in [3.8, 4) is 0 Å². The van der Waals surface area contributed by atoms with Crippen molar-refractivity contribution in [2.24, 2.45) is 0 Å². The van der Waals surface area contributed by atoms with Crippen LogP contribution in [-0.4, -0.2) is 48.4 Å². The topological polar surface area (TPSA) is 61.4 Å². The van der Waals surface area contributed by atoms with Crippen LogP contribution in [0.25, 0.3) is 0 Å². The molecule has 1 fully saturated rings. The van der Waals surface area contributed by atoms with Crippen LogP contribution in [0, 0.1) is 0 Å². The molecular weight excluding hydrogens is 242 g/mol. The minimum absolute atomic E-state index is 0.0409. The van der Waals surface area contributed by atoms with Gasteiger partial charge in [-0.1, -0.05) is 6.92 Å². The van der Waals surface area contributed by atoms with E-state index >= 15 is 0 Å². The number of rotatable bonds is 6. The second kappa shape index (κ2) is 8.15. The second-order valence-electron chi connectivity index (χ2n) is 5.36. The Balaban J connectivity index is 2.26. The Morgan fingerprint density at radius 1 is 1.16 bits per heavy atom. The van der Waals surface area contributed by atoms with E-state index in [2.05, 4.69) is 10.6 Å². The third-order valence-electron chi connectivity index (χ3n) is 3.66. The molecule has 2 atom stereocenters. The molecule has 2 amide bonds. The van der Waals surface area contributed by atoms with Crippen molar-refractivity contribution < 1.29 is 9.59 Å². The number of nitrogens with one attached hydrogen (secondary N) is 2. The molecule has 1 saturated heterocycles. The fourth-order valence-corrected chi connectivity index (χ4v) is 2.06. The first kappa shape index (κ1) is 16.0. The van der Waals surface area contributed by atoms with Gasteiger partial charge < -0.3 is 10.2 Å². The molecule has 0 aromatic rings. The molecule has 1 rings (SSSR count). The molecular formula is C14H27N3O2. The molecule has 0 aliphatic carbocycles. The third-order valence-corrected chi connectivity index (χ3v) is 3.66. The maximum atomic E-state index is 11.9. The molecule has 0 radical (unpaired) electrons. The van der Waals surface area contributed by atoms with Gasteiger partial charge in [0, 0.05) is 19.1 Å². The summed E-state index contributed by atoms with van der Waals surface area (Å²) in [6.45, 7) is 7.75. The number of piperidine rings is 1. The van der Waals surface area contributed by atoms with Crippen LogP contribution in [0.1, 0.15) is 46.5 Å². The molecule has 5 nitrogen and oxygen atoms in total. The van der Waals surface area contributed by atoms with Crippen molar-refractivity contribution in [2.75, 3.05) is 19.6 Å². The second-order valence-corrected chi connectivity index (χ2v) is 5.36. The highest BCUT2D eigenvalue weighted by Crippen LogP contribution is 2.08. The first-order valence-corrected chi connectivity index (χ1v) is 7.36. The van der Waals surface area contributed by atoms with Gasteiger partial charge in [-0.2, -0.15) is 0 Å². The van der Waals surface area contributed by atoms with Crippen LogP contribution in [0.4, 0.5) is 0 Å². The summed E-state index contributed by atoms with van der Waals surface area (Å²) in [4.78, 5) is 25.6. The number of hydrogen-bond donors (Lipinski definition) is 2. The normalized spacial score (nSPS) is 18.8. The molecule has 1 aliphatic heterocycles. The van der Waals surface area contributed by atoms with Gasteiger partial charge in [0.25, 0.3) is 0 Å². The molecule has 0 aromatic heterocycles. The average Bonchev–Trinajstić information content (AvgIpc) is 2.44. The van der Waals surface area contributed by atoms with Crippen LogP contribution >= 0.6 is 0 Å². The van der Waals surface area contributed by atoms with E-state index in [0.29, 0.717) is 0 Å². The summed E-state index contributed by atoms with van der Waals surface area (Å²) >= 11 is 0. The van der Waals surface area contributed by atoms with Crippen LogP contribution in [0.2, 0.25) is 0 Å². The summed E-state index contributed by atoms with van der Waals surface area (Å²) in [5, 5.41) is 5.91. The van der Waals surface area contributed by atoms with E-state index in [0.717, 1.165) is 32.4 Å². The van der Waals surface area contributed by atoms with E-state index < -0.39 is 0 Å². The molecule has 0 aromatic carbocycles. The maximum absolute atomic E-state index is 11.9. The zero-order valence-electron chi connectivity index (χ0n) is 12.4.